The lowest BCUT2D eigenvalue weighted by molar-refractivity contribution is -0.151. The molecule has 0 aromatic heterocycles. The second-order valence-electron chi connectivity index (χ2n) is 10.5. The van der Waals surface area contributed by atoms with Gasteiger partial charge in [0.1, 0.15) is 24.4 Å². The molecule has 2 rings (SSSR count). The Morgan fingerprint density at radius 2 is 1.72 bits per heavy atom. The van der Waals surface area contributed by atoms with Crippen molar-refractivity contribution in [2.75, 3.05) is 13.1 Å². The van der Waals surface area contributed by atoms with E-state index < -0.39 is 50.5 Å². The Labute approximate surface area is 232 Å². The average molecular weight is 575 g/mol. The van der Waals surface area contributed by atoms with Gasteiger partial charge in [0.05, 0.1) is 0 Å². The van der Waals surface area contributed by atoms with Gasteiger partial charge in [-0.2, -0.15) is 0 Å². The molecule has 0 bridgehead atoms. The molecule has 2 aliphatic rings. The van der Waals surface area contributed by atoms with Crippen LogP contribution in [0.2, 0.25) is 0 Å². The third-order valence-electron chi connectivity index (χ3n) is 7.36. The third kappa shape index (κ3) is 11.2. The Kier molecular flexibility index (Phi) is 15.0. The smallest absolute Gasteiger partial charge is 0.326 e. The number of likely N-dealkylation sites (tertiary alicyclic amines) is 1. The number of hydrogen-bond donors (Lipinski definition) is 4. The third-order valence-corrected chi connectivity index (χ3v) is 8.38. The molecular formula is C26H47N4O8P. The van der Waals surface area contributed by atoms with Crippen LogP contribution in [0.4, 0.5) is 0 Å². The molecule has 0 aromatic carbocycles. The van der Waals surface area contributed by atoms with Crippen molar-refractivity contribution in [1.82, 2.24) is 15.5 Å². The van der Waals surface area contributed by atoms with Crippen LogP contribution in [0.15, 0.2) is 0 Å². The summed E-state index contributed by atoms with van der Waals surface area (Å²) in [5.74, 6) is -2.31. The number of nitrogens with zero attached hydrogens (tertiary/aromatic N) is 1. The molecule has 0 spiro atoms. The van der Waals surface area contributed by atoms with Crippen molar-refractivity contribution in [1.29, 1.82) is 0 Å². The Morgan fingerprint density at radius 3 is 2.36 bits per heavy atom. The molecule has 0 radical (unpaired) electrons. The van der Waals surface area contributed by atoms with Crippen LogP contribution in [0.3, 0.4) is 0 Å². The van der Waals surface area contributed by atoms with Gasteiger partial charge in [0, 0.05) is 12.5 Å². The monoisotopic (exact) mass is 574 g/mol. The number of hydrogen-bond acceptors (Lipinski definition) is 8. The molecule has 2 unspecified atom stereocenters. The van der Waals surface area contributed by atoms with E-state index in [1.807, 2.05) is 6.92 Å². The minimum atomic E-state index is -3.22. The summed E-state index contributed by atoms with van der Waals surface area (Å²) in [6.45, 7) is 4.14. The van der Waals surface area contributed by atoms with E-state index in [-0.39, 0.29) is 11.8 Å². The van der Waals surface area contributed by atoms with E-state index in [2.05, 4.69) is 10.6 Å². The standard InChI is InChI=1S/C26H47N4O8P/c1-3-4-15-22(38-39(36)37-18(2)25(33)30-17-10-14-21(30)26(34)35)29-24(32)20(13-8-9-16-27)28-23(31)19-11-6-5-7-12-19/h18-22,39H,3-17,27H2,1-2H3,(H,28,31)(H,29,32)(H,34,35)/t18?,20-,21-,22-/m0/s1. The van der Waals surface area contributed by atoms with E-state index in [4.69, 9.17) is 14.8 Å². The zero-order chi connectivity index (χ0) is 28.8. The Balaban J connectivity index is 1.99. The first kappa shape index (κ1) is 33.2. The summed E-state index contributed by atoms with van der Waals surface area (Å²) >= 11 is 0. The average Bonchev–Trinajstić information content (AvgIpc) is 3.41. The minimum absolute atomic E-state index is 0.101. The van der Waals surface area contributed by atoms with Crippen molar-refractivity contribution < 1.29 is 37.9 Å². The molecule has 1 saturated carbocycles. The van der Waals surface area contributed by atoms with Gasteiger partial charge in [0.25, 0.3) is 5.91 Å². The van der Waals surface area contributed by atoms with Gasteiger partial charge in [-0.3, -0.25) is 28.0 Å². The Bertz CT molecular complexity index is 839. The first-order valence-corrected chi connectivity index (χ1v) is 15.6. The van der Waals surface area contributed by atoms with Crippen molar-refractivity contribution in [3.8, 4) is 0 Å². The number of carbonyl (C=O) groups is 4. The number of amides is 3. The van der Waals surface area contributed by atoms with E-state index in [1.54, 1.807) is 0 Å². The summed E-state index contributed by atoms with van der Waals surface area (Å²) < 4.78 is 23.6. The van der Waals surface area contributed by atoms with E-state index in [0.29, 0.717) is 58.0 Å². The van der Waals surface area contributed by atoms with Crippen LogP contribution in [0, 0.1) is 5.92 Å². The van der Waals surface area contributed by atoms with Gasteiger partial charge < -0.3 is 26.4 Å². The molecule has 39 heavy (non-hydrogen) atoms. The van der Waals surface area contributed by atoms with E-state index in [1.165, 1.54) is 11.8 Å². The summed E-state index contributed by atoms with van der Waals surface area (Å²) in [6.07, 6.45) is 7.18. The molecule has 12 nitrogen and oxygen atoms in total. The summed E-state index contributed by atoms with van der Waals surface area (Å²) in [5.41, 5.74) is 5.61. The number of aliphatic carboxylic acids is 1. The number of rotatable bonds is 17. The molecule has 5 N–H and O–H groups in total. The highest BCUT2D eigenvalue weighted by Crippen LogP contribution is 2.31. The van der Waals surface area contributed by atoms with Crippen LogP contribution in [0.5, 0.6) is 0 Å². The minimum Gasteiger partial charge on any atom is -0.480 e. The fourth-order valence-electron chi connectivity index (χ4n) is 5.08. The van der Waals surface area contributed by atoms with Crippen LogP contribution in [0.1, 0.15) is 97.3 Å². The van der Waals surface area contributed by atoms with Crippen LogP contribution >= 0.6 is 8.25 Å². The maximum absolute atomic E-state index is 13.2. The summed E-state index contributed by atoms with van der Waals surface area (Å²) in [6, 6.07) is -1.70. The molecule has 224 valence electrons. The zero-order valence-corrected chi connectivity index (χ0v) is 24.3. The number of carboxylic acid groups (broad SMARTS) is 1. The predicted molar refractivity (Wildman–Crippen MR) is 146 cm³/mol. The molecule has 1 aliphatic heterocycles. The van der Waals surface area contributed by atoms with Crippen LogP contribution in [0.25, 0.3) is 0 Å². The van der Waals surface area contributed by atoms with Crippen molar-refractivity contribution in [2.45, 2.75) is 122 Å². The Hall–Kier alpha value is -2.01. The lowest BCUT2D eigenvalue weighted by Crippen LogP contribution is -2.51. The number of carbonyl (C=O) groups excluding carboxylic acids is 3. The first-order valence-electron chi connectivity index (χ1n) is 14.4. The molecule has 0 aromatic rings. The molecule has 5 atom stereocenters. The number of nitrogens with two attached hydrogens (primary N) is 1. The summed E-state index contributed by atoms with van der Waals surface area (Å²) in [7, 11) is -3.22. The number of carboxylic acids is 1. The quantitative estimate of drug-likeness (QED) is 0.115. The second kappa shape index (κ2) is 17.6. The van der Waals surface area contributed by atoms with Gasteiger partial charge >= 0.3 is 14.2 Å². The van der Waals surface area contributed by atoms with Gasteiger partial charge in [-0.1, -0.05) is 32.6 Å². The van der Waals surface area contributed by atoms with E-state index in [0.717, 1.165) is 38.5 Å². The maximum Gasteiger partial charge on any atom is 0.326 e. The lowest BCUT2D eigenvalue weighted by atomic mass is 9.88. The topological polar surface area (TPSA) is 177 Å². The number of unbranched alkanes of at least 4 members (excludes halogenated alkanes) is 2. The predicted octanol–water partition coefficient (Wildman–Crippen LogP) is 2.70. The largest absolute Gasteiger partial charge is 0.480 e. The summed E-state index contributed by atoms with van der Waals surface area (Å²) in [5, 5.41) is 15.0. The SMILES string of the molecule is CCCC[C@@H](NC(=O)[C@H](CCCCN)NC(=O)C1CCCCC1)O[PH](=O)OC(C)C(=O)N1CCC[C@H]1C(=O)O. The van der Waals surface area contributed by atoms with Gasteiger partial charge in [0.2, 0.25) is 11.8 Å². The van der Waals surface area contributed by atoms with Gasteiger partial charge in [-0.05, 0) is 71.3 Å². The van der Waals surface area contributed by atoms with Gasteiger partial charge in [0.15, 0.2) is 0 Å². The fraction of sp³-hybridized carbons (Fsp3) is 0.846. The van der Waals surface area contributed by atoms with Crippen molar-refractivity contribution in [2.24, 2.45) is 11.7 Å². The molecule has 3 amide bonds. The molecule has 1 aliphatic carbocycles. The van der Waals surface area contributed by atoms with Crippen LogP contribution < -0.4 is 16.4 Å². The van der Waals surface area contributed by atoms with E-state index >= 15 is 0 Å². The zero-order valence-electron chi connectivity index (χ0n) is 23.3. The fourth-order valence-corrected chi connectivity index (χ4v) is 5.94. The maximum atomic E-state index is 13.2. The normalized spacial score (nSPS) is 21.1. The molecule has 13 heteroatoms. The molecular weight excluding hydrogens is 527 g/mol. The highest BCUT2D eigenvalue weighted by Gasteiger charge is 2.37. The van der Waals surface area contributed by atoms with Crippen molar-refractivity contribution in [3.63, 3.8) is 0 Å². The van der Waals surface area contributed by atoms with Crippen molar-refractivity contribution >= 4 is 31.9 Å². The molecule has 2 fully saturated rings. The lowest BCUT2D eigenvalue weighted by Gasteiger charge is -2.27. The van der Waals surface area contributed by atoms with Crippen LogP contribution in [-0.2, 0) is 32.8 Å². The first-order chi connectivity index (χ1) is 18.7. The van der Waals surface area contributed by atoms with Crippen LogP contribution in [-0.4, -0.2) is 71.2 Å². The van der Waals surface area contributed by atoms with Crippen molar-refractivity contribution in [3.05, 3.63) is 0 Å². The second-order valence-corrected chi connectivity index (χ2v) is 11.4. The van der Waals surface area contributed by atoms with Gasteiger partial charge in [-0.25, -0.2) is 4.79 Å². The highest BCUT2D eigenvalue weighted by molar-refractivity contribution is 7.33. The summed E-state index contributed by atoms with van der Waals surface area (Å²) in [4.78, 5) is 51.4. The highest BCUT2D eigenvalue weighted by atomic mass is 31.1. The van der Waals surface area contributed by atoms with E-state index in [9.17, 15) is 28.8 Å². The molecule has 1 saturated heterocycles. The number of nitrogens with one attached hydrogen (secondary N) is 2. The Morgan fingerprint density at radius 1 is 1.00 bits per heavy atom. The molecule has 1 heterocycles. The van der Waals surface area contributed by atoms with Gasteiger partial charge in [-0.15, -0.1) is 0 Å².